The molecule has 0 bridgehead atoms. The maximum Gasteiger partial charge on any atom is 0.256 e. The molecule has 0 fully saturated rings. The quantitative estimate of drug-likeness (QED) is 0.349. The van der Waals surface area contributed by atoms with Crippen molar-refractivity contribution in [3.63, 3.8) is 0 Å². The first-order valence-corrected chi connectivity index (χ1v) is 11.8. The van der Waals surface area contributed by atoms with Crippen molar-refractivity contribution in [1.29, 1.82) is 0 Å². The van der Waals surface area contributed by atoms with E-state index in [0.29, 0.717) is 49.8 Å². The summed E-state index contributed by atoms with van der Waals surface area (Å²) in [6, 6.07) is 8.80. The molecule has 9 nitrogen and oxygen atoms in total. The lowest BCUT2D eigenvalue weighted by molar-refractivity contribution is -0.110. The van der Waals surface area contributed by atoms with Gasteiger partial charge in [-0.25, -0.2) is 9.67 Å². The van der Waals surface area contributed by atoms with Crippen molar-refractivity contribution in [2.45, 2.75) is 25.3 Å². The third-order valence-electron chi connectivity index (χ3n) is 5.71. The van der Waals surface area contributed by atoms with Crippen LogP contribution in [0.3, 0.4) is 0 Å². The normalized spacial score (nSPS) is 15.1. The molecule has 1 aliphatic rings. The molecule has 0 spiro atoms. The number of fused-ring (bicyclic) bond motifs is 2. The number of hydrogen-bond donors (Lipinski definition) is 2. The van der Waals surface area contributed by atoms with Crippen molar-refractivity contribution in [3.05, 3.63) is 64.6 Å². The number of aromatic nitrogens is 5. The van der Waals surface area contributed by atoms with Gasteiger partial charge in [-0.15, -0.1) is 5.10 Å². The zero-order chi connectivity index (χ0) is 23.3. The van der Waals surface area contributed by atoms with E-state index in [2.05, 4.69) is 25.6 Å². The van der Waals surface area contributed by atoms with Crippen molar-refractivity contribution >= 4 is 51.0 Å². The number of aryl methyl sites for hydroxylation is 1. The number of carbonyl (C=O) groups is 2. The molecule has 0 saturated heterocycles. The van der Waals surface area contributed by atoms with Gasteiger partial charge in [-0.3, -0.25) is 13.8 Å². The molecule has 5 rings (SSSR count). The summed E-state index contributed by atoms with van der Waals surface area (Å²) in [5.74, 6) is -0.382. The van der Waals surface area contributed by atoms with Crippen molar-refractivity contribution in [3.8, 4) is 0 Å². The lowest BCUT2D eigenvalue weighted by Gasteiger charge is -2.03. The number of Topliss-reactive ketones (excluding diaryl/α,β-unsaturated/α-hetero) is 1. The van der Waals surface area contributed by atoms with Crippen LogP contribution >= 0.6 is 0 Å². The molecule has 4 aromatic rings. The molecule has 1 aliphatic heterocycles. The van der Waals surface area contributed by atoms with Crippen molar-refractivity contribution in [2.75, 3.05) is 11.6 Å². The predicted octanol–water partition coefficient (Wildman–Crippen LogP) is 2.88. The molecule has 2 N–H and O–H groups in total. The Morgan fingerprint density at radius 3 is 2.85 bits per heavy atom. The van der Waals surface area contributed by atoms with Crippen molar-refractivity contribution < 1.29 is 13.8 Å². The second kappa shape index (κ2) is 7.89. The van der Waals surface area contributed by atoms with Gasteiger partial charge >= 0.3 is 0 Å². The summed E-state index contributed by atoms with van der Waals surface area (Å²) in [6.45, 7) is 3.66. The fraction of sp³-hybridized carbons (Fsp3) is 0.174. The number of nitrogens with zero attached hydrogens (tertiary/aromatic N) is 4. The summed E-state index contributed by atoms with van der Waals surface area (Å²) in [5, 5.41) is 10.9. The average Bonchev–Trinajstić information content (AvgIpc) is 3.42. The highest BCUT2D eigenvalue weighted by Gasteiger charge is 2.26. The van der Waals surface area contributed by atoms with E-state index in [1.54, 1.807) is 48.9 Å². The van der Waals surface area contributed by atoms with Crippen LogP contribution in [0.4, 0.5) is 5.69 Å². The van der Waals surface area contributed by atoms with E-state index in [0.717, 1.165) is 5.56 Å². The standard InChI is InChI=1S/C23H20N6O3S/c1-12-19(10-16-15-9-14(33(3)32)6-7-17(15)26-23(16)31)25-13(2)21(12)20(30)11-29-22-18(27-28-29)5-4-8-24-22/h4-10,25H,11H2,1-3H3,(H,26,31)/b16-10-. The maximum absolute atomic E-state index is 13.2. The Morgan fingerprint density at radius 2 is 2.06 bits per heavy atom. The number of ketones is 1. The second-order valence-corrected chi connectivity index (χ2v) is 9.23. The van der Waals surface area contributed by atoms with Gasteiger partial charge in [-0.1, -0.05) is 5.21 Å². The molecular formula is C23H20N6O3S. The van der Waals surface area contributed by atoms with Crippen LogP contribution < -0.4 is 5.32 Å². The molecule has 0 radical (unpaired) electrons. The van der Waals surface area contributed by atoms with Gasteiger partial charge in [0.05, 0.1) is 5.57 Å². The smallest absolute Gasteiger partial charge is 0.256 e. The highest BCUT2D eigenvalue weighted by molar-refractivity contribution is 7.84. The fourth-order valence-corrected chi connectivity index (χ4v) is 4.65. The predicted molar refractivity (Wildman–Crippen MR) is 125 cm³/mol. The van der Waals surface area contributed by atoms with Crippen LogP contribution in [-0.2, 0) is 22.1 Å². The minimum atomic E-state index is -1.17. The molecule has 10 heteroatoms. The SMILES string of the molecule is Cc1[nH]c(/C=C2\C(=O)Nc3ccc(S(C)=O)cc32)c(C)c1C(=O)Cn1nnc2cccnc21. The summed E-state index contributed by atoms with van der Waals surface area (Å²) < 4.78 is 13.4. The maximum atomic E-state index is 13.2. The monoisotopic (exact) mass is 460 g/mol. The number of amides is 1. The van der Waals surface area contributed by atoms with Gasteiger partial charge in [0.25, 0.3) is 5.91 Å². The van der Waals surface area contributed by atoms with Gasteiger partial charge < -0.3 is 10.3 Å². The third kappa shape index (κ3) is 3.58. The number of rotatable bonds is 5. The number of nitrogens with one attached hydrogen (secondary N) is 2. The summed E-state index contributed by atoms with van der Waals surface area (Å²) in [5.41, 5.74) is 5.62. The van der Waals surface area contributed by atoms with Crippen LogP contribution in [0.25, 0.3) is 22.8 Å². The summed E-state index contributed by atoms with van der Waals surface area (Å²) in [4.78, 5) is 33.9. The fourth-order valence-electron chi connectivity index (χ4n) is 4.10. The summed E-state index contributed by atoms with van der Waals surface area (Å²) in [7, 11) is -1.17. The number of pyridine rings is 1. The van der Waals surface area contributed by atoms with E-state index in [4.69, 9.17) is 0 Å². The molecule has 1 atom stereocenters. The van der Waals surface area contributed by atoms with Crippen LogP contribution in [0.2, 0.25) is 0 Å². The van der Waals surface area contributed by atoms with E-state index >= 15 is 0 Å². The molecule has 0 aliphatic carbocycles. The molecule has 33 heavy (non-hydrogen) atoms. The number of hydrogen-bond acceptors (Lipinski definition) is 6. The Labute approximate surface area is 191 Å². The van der Waals surface area contributed by atoms with E-state index in [1.807, 2.05) is 13.8 Å². The molecule has 1 aromatic carbocycles. The number of anilines is 1. The van der Waals surface area contributed by atoms with Crippen LogP contribution in [-0.4, -0.2) is 47.1 Å². The summed E-state index contributed by atoms with van der Waals surface area (Å²) >= 11 is 0. The van der Waals surface area contributed by atoms with E-state index in [9.17, 15) is 13.8 Å². The third-order valence-corrected chi connectivity index (χ3v) is 6.63. The molecule has 0 saturated carbocycles. The Kier molecular flexibility index (Phi) is 5.01. The van der Waals surface area contributed by atoms with Gasteiger partial charge in [-0.2, -0.15) is 0 Å². The minimum absolute atomic E-state index is 0.00193. The number of H-pyrrole nitrogens is 1. The Hall–Kier alpha value is -3.92. The largest absolute Gasteiger partial charge is 0.358 e. The Balaban J connectivity index is 1.51. The molecular weight excluding hydrogens is 440 g/mol. The van der Waals surface area contributed by atoms with Crippen molar-refractivity contribution in [2.24, 2.45) is 0 Å². The zero-order valence-corrected chi connectivity index (χ0v) is 19.0. The van der Waals surface area contributed by atoms with Crippen LogP contribution in [0.1, 0.15) is 32.9 Å². The molecule has 3 aromatic heterocycles. The minimum Gasteiger partial charge on any atom is -0.358 e. The van der Waals surface area contributed by atoms with Crippen LogP contribution in [0, 0.1) is 13.8 Å². The molecule has 4 heterocycles. The highest BCUT2D eigenvalue weighted by Crippen LogP contribution is 2.35. The van der Waals surface area contributed by atoms with Gasteiger partial charge in [0.1, 0.15) is 12.1 Å². The number of benzene rings is 1. The lowest BCUT2D eigenvalue weighted by atomic mass is 10.0. The first-order valence-electron chi connectivity index (χ1n) is 10.2. The highest BCUT2D eigenvalue weighted by atomic mass is 32.2. The number of aromatic amines is 1. The van der Waals surface area contributed by atoms with Gasteiger partial charge in [0, 0.05) is 56.3 Å². The average molecular weight is 461 g/mol. The summed E-state index contributed by atoms with van der Waals surface area (Å²) in [6.07, 6.45) is 4.96. The Bertz CT molecular complexity index is 1510. The molecule has 1 amide bonds. The van der Waals surface area contributed by atoms with Gasteiger partial charge in [-0.05, 0) is 55.8 Å². The number of carbonyl (C=O) groups excluding carboxylic acids is 2. The van der Waals surface area contributed by atoms with E-state index < -0.39 is 10.8 Å². The Morgan fingerprint density at radius 1 is 1.24 bits per heavy atom. The van der Waals surface area contributed by atoms with E-state index in [-0.39, 0.29) is 18.2 Å². The molecule has 1 unspecified atom stereocenters. The van der Waals surface area contributed by atoms with Crippen LogP contribution in [0.15, 0.2) is 41.4 Å². The molecule has 166 valence electrons. The van der Waals surface area contributed by atoms with Crippen molar-refractivity contribution in [1.82, 2.24) is 25.0 Å². The van der Waals surface area contributed by atoms with Gasteiger partial charge in [0.15, 0.2) is 11.4 Å². The van der Waals surface area contributed by atoms with Gasteiger partial charge in [0.2, 0.25) is 0 Å². The second-order valence-electron chi connectivity index (χ2n) is 7.85. The first-order chi connectivity index (χ1) is 15.8. The topological polar surface area (TPSA) is 123 Å². The lowest BCUT2D eigenvalue weighted by Crippen LogP contribution is -2.13. The first kappa shape index (κ1) is 21.0. The van der Waals surface area contributed by atoms with E-state index in [1.165, 1.54) is 4.68 Å². The van der Waals surface area contributed by atoms with Crippen LogP contribution in [0.5, 0.6) is 0 Å². The zero-order valence-electron chi connectivity index (χ0n) is 18.2.